The Balaban J connectivity index is 0.000000224. The molecule has 35 heavy (non-hydrogen) atoms. The number of fused-ring (bicyclic) bond motifs is 8. The Hall–Kier alpha value is -3.75. The van der Waals surface area contributed by atoms with Crippen LogP contribution in [0.2, 0.25) is 0 Å². The second-order valence-corrected chi connectivity index (χ2v) is 9.11. The van der Waals surface area contributed by atoms with Gasteiger partial charge < -0.3 is 9.97 Å². The number of aromatic nitrogens is 4. The zero-order valence-corrected chi connectivity index (χ0v) is 19.9. The Kier molecular flexibility index (Phi) is 7.14. The van der Waals surface area contributed by atoms with E-state index in [2.05, 4.69) is 44.2 Å². The molecule has 0 spiro atoms. The molecule has 1 radical (unpaired) electrons. The number of nitrogens with one attached hydrogen (secondary N) is 2. The summed E-state index contributed by atoms with van der Waals surface area (Å²) in [6, 6.07) is 23.8. The monoisotopic (exact) mass is 531 g/mol. The fourth-order valence-corrected chi connectivity index (χ4v) is 4.04. The minimum Gasteiger partial charge on any atom is -0.355 e. The van der Waals surface area contributed by atoms with E-state index in [0.717, 1.165) is 44.8 Å². The van der Waals surface area contributed by atoms with Crippen LogP contribution in [-0.2, 0) is 27.2 Å². The first kappa shape index (κ1) is 24.4. The molecule has 5 heterocycles. The van der Waals surface area contributed by atoms with Gasteiger partial charge in [-0.3, -0.25) is 4.55 Å². The van der Waals surface area contributed by atoms with Crippen LogP contribution in [0.25, 0.3) is 46.4 Å². The molecular weight excluding hydrogens is 512 g/mol. The van der Waals surface area contributed by atoms with Crippen LogP contribution >= 0.6 is 0 Å². The first-order valence-electron chi connectivity index (χ1n) is 10.5. The minimum atomic E-state index is -4.00. The summed E-state index contributed by atoms with van der Waals surface area (Å²) >= 11 is 0. The third-order valence-corrected chi connectivity index (χ3v) is 5.95. The van der Waals surface area contributed by atoms with E-state index in [9.17, 15) is 8.42 Å². The van der Waals surface area contributed by atoms with Gasteiger partial charge in [-0.25, -0.2) is 9.97 Å². The third kappa shape index (κ3) is 6.23. The number of hydrogen-bond acceptors (Lipinski definition) is 4. The molecule has 3 aromatic heterocycles. The number of nitrogens with zero attached hydrogens (tertiary/aromatic N) is 2. The molecule has 0 aliphatic carbocycles. The van der Waals surface area contributed by atoms with E-state index < -0.39 is 10.1 Å². The molecule has 7 nitrogen and oxygen atoms in total. The summed E-state index contributed by atoms with van der Waals surface area (Å²) in [5.41, 5.74) is 7.86. The fraction of sp³-hybridized carbons (Fsp3) is 0. The van der Waals surface area contributed by atoms with Crippen LogP contribution in [0.5, 0.6) is 0 Å². The van der Waals surface area contributed by atoms with Crippen LogP contribution in [0, 0.1) is 0 Å². The maximum Gasteiger partial charge on any atom is 0.294 e. The number of benzene rings is 1. The summed E-state index contributed by atoms with van der Waals surface area (Å²) in [4.78, 5) is 15.9. The molecular formula is C26H20CuN4O3S. The van der Waals surface area contributed by atoms with Crippen LogP contribution in [0.1, 0.15) is 22.8 Å². The van der Waals surface area contributed by atoms with E-state index in [0.29, 0.717) is 0 Å². The van der Waals surface area contributed by atoms with E-state index in [1.54, 1.807) is 18.2 Å². The van der Waals surface area contributed by atoms with Crippen molar-refractivity contribution in [2.45, 2.75) is 4.90 Å². The van der Waals surface area contributed by atoms with E-state index in [1.807, 2.05) is 48.6 Å². The van der Waals surface area contributed by atoms with Gasteiger partial charge >= 0.3 is 0 Å². The molecule has 0 saturated heterocycles. The van der Waals surface area contributed by atoms with Crippen LogP contribution < -0.4 is 0 Å². The predicted molar refractivity (Wildman–Crippen MR) is 135 cm³/mol. The second-order valence-electron chi connectivity index (χ2n) is 7.69. The zero-order valence-electron chi connectivity index (χ0n) is 18.2. The Morgan fingerprint density at radius 1 is 0.571 bits per heavy atom. The van der Waals surface area contributed by atoms with E-state index in [-0.39, 0.29) is 22.0 Å². The largest absolute Gasteiger partial charge is 0.355 e. The maximum absolute atomic E-state index is 10.4. The van der Waals surface area contributed by atoms with Gasteiger partial charge in [-0.15, -0.1) is 0 Å². The van der Waals surface area contributed by atoms with Crippen molar-refractivity contribution < 1.29 is 30.0 Å². The first-order valence-corrected chi connectivity index (χ1v) is 11.9. The topological polar surface area (TPSA) is 112 Å². The van der Waals surface area contributed by atoms with Gasteiger partial charge in [0.25, 0.3) is 10.1 Å². The molecule has 0 amide bonds. The van der Waals surface area contributed by atoms with Gasteiger partial charge in [-0.1, -0.05) is 18.2 Å². The van der Waals surface area contributed by atoms with Crippen LogP contribution in [-0.4, -0.2) is 32.9 Å². The van der Waals surface area contributed by atoms with E-state index in [4.69, 9.17) is 4.55 Å². The smallest absolute Gasteiger partial charge is 0.294 e. The van der Waals surface area contributed by atoms with Crippen molar-refractivity contribution in [1.82, 2.24) is 19.9 Å². The van der Waals surface area contributed by atoms with Crippen molar-refractivity contribution >= 4 is 56.5 Å². The second kappa shape index (κ2) is 10.2. The van der Waals surface area contributed by atoms with Crippen molar-refractivity contribution in [1.29, 1.82) is 0 Å². The molecule has 2 aliphatic rings. The first-order chi connectivity index (χ1) is 16.4. The van der Waals surface area contributed by atoms with E-state index >= 15 is 0 Å². The summed E-state index contributed by atoms with van der Waals surface area (Å²) in [6.45, 7) is 0. The Labute approximate surface area is 212 Å². The summed E-state index contributed by atoms with van der Waals surface area (Å²) in [7, 11) is -4.00. The summed E-state index contributed by atoms with van der Waals surface area (Å²) in [5, 5.41) is 0. The van der Waals surface area contributed by atoms with Crippen molar-refractivity contribution in [2.75, 3.05) is 0 Å². The molecule has 0 fully saturated rings. The number of hydrogen-bond donors (Lipinski definition) is 3. The average molecular weight is 532 g/mol. The summed E-state index contributed by atoms with van der Waals surface area (Å²) < 4.78 is 29.2. The van der Waals surface area contributed by atoms with Gasteiger partial charge in [-0.05, 0) is 85.0 Å². The average Bonchev–Trinajstić information content (AvgIpc) is 3.60. The fourth-order valence-electron chi connectivity index (χ4n) is 3.54. The van der Waals surface area contributed by atoms with Gasteiger partial charge in [0, 0.05) is 39.1 Å². The molecule has 8 bridgehead atoms. The molecule has 3 N–H and O–H groups in total. The molecule has 1 aromatic carbocycles. The molecule has 2 aliphatic heterocycles. The van der Waals surface area contributed by atoms with Crippen LogP contribution in [0.3, 0.4) is 0 Å². The summed E-state index contributed by atoms with van der Waals surface area (Å²) in [5.74, 6) is 0. The molecule has 179 valence electrons. The molecule has 4 aromatic rings. The third-order valence-electron chi connectivity index (χ3n) is 5.08. The van der Waals surface area contributed by atoms with Gasteiger partial charge in [0.05, 0.1) is 27.7 Å². The number of H-pyrrole nitrogens is 2. The maximum atomic E-state index is 10.4. The predicted octanol–water partition coefficient (Wildman–Crippen LogP) is 5.59. The van der Waals surface area contributed by atoms with Gasteiger partial charge in [-0.2, -0.15) is 8.42 Å². The normalized spacial score (nSPS) is 11.9. The Bertz CT molecular complexity index is 1510. The van der Waals surface area contributed by atoms with Gasteiger partial charge in [0.1, 0.15) is 0 Å². The van der Waals surface area contributed by atoms with Crippen molar-refractivity contribution in [3.8, 4) is 0 Å². The number of rotatable bonds is 1. The van der Waals surface area contributed by atoms with Crippen molar-refractivity contribution in [3.05, 3.63) is 102 Å². The number of aromatic amines is 2. The molecule has 0 unspecified atom stereocenters. The SMILES string of the molecule is C1=Cc2cc3ccc(cc4nc(cc5ccc(cc1n2)[nH]5)C=C4)[nH]3.O=S(=O)(O)c1ccccc1.[Cu]. The van der Waals surface area contributed by atoms with Crippen LogP contribution in [0.15, 0.2) is 83.8 Å². The van der Waals surface area contributed by atoms with Crippen molar-refractivity contribution in [3.63, 3.8) is 0 Å². The van der Waals surface area contributed by atoms with Gasteiger partial charge in [0.15, 0.2) is 0 Å². The van der Waals surface area contributed by atoms with Crippen LogP contribution in [0.4, 0.5) is 0 Å². The Morgan fingerprint density at radius 3 is 1.20 bits per heavy atom. The minimum absolute atomic E-state index is 0. The molecule has 0 atom stereocenters. The zero-order chi connectivity index (χ0) is 23.5. The van der Waals surface area contributed by atoms with Gasteiger partial charge in [0.2, 0.25) is 0 Å². The summed E-state index contributed by atoms with van der Waals surface area (Å²) in [6.07, 6.45) is 8.09. The standard InChI is InChI=1S/C20H14N4.C6H6O3S.Cu/c1-2-14-10-16-5-6-18(23-16)12-20-8-7-19(24-20)11-17-4-3-15(22-17)9-13(1)21-14;7-10(8,9)6-4-2-1-3-5-6;/h1-12,21,24H;1-5H,(H,7,8,9);. The quantitative estimate of drug-likeness (QED) is 0.189. The Morgan fingerprint density at radius 2 is 0.914 bits per heavy atom. The molecule has 9 heteroatoms. The molecule has 0 saturated carbocycles. The van der Waals surface area contributed by atoms with Crippen molar-refractivity contribution in [2.24, 2.45) is 0 Å². The van der Waals surface area contributed by atoms with E-state index in [1.165, 1.54) is 12.1 Å². The molecule has 6 rings (SSSR count).